The summed E-state index contributed by atoms with van der Waals surface area (Å²) in [5, 5.41) is 6.91. The van der Waals surface area contributed by atoms with Gasteiger partial charge in [-0.05, 0) is 37.1 Å². The molecule has 0 aliphatic carbocycles. The standard InChI is InChI=1S/C26H30FN5O3/c1-17(2)23(29-25(33)20-8-10-21(27)11-9-20)26(34)32-14-12-31(13-15-32)16-22-28-24(30-35-22)19-6-4-18(3)5-7-19/h4-11,17,23H,12-16H2,1-3H3,(H,29,33). The summed E-state index contributed by atoms with van der Waals surface area (Å²) in [6.45, 7) is 8.71. The van der Waals surface area contributed by atoms with Crippen LogP contribution >= 0.6 is 0 Å². The van der Waals surface area contributed by atoms with Crippen LogP contribution in [0.3, 0.4) is 0 Å². The molecule has 8 nitrogen and oxygen atoms in total. The number of hydrogen-bond donors (Lipinski definition) is 1. The number of hydrogen-bond acceptors (Lipinski definition) is 6. The summed E-state index contributed by atoms with van der Waals surface area (Å²) >= 11 is 0. The van der Waals surface area contributed by atoms with Crippen LogP contribution in [0.2, 0.25) is 0 Å². The highest BCUT2D eigenvalue weighted by Crippen LogP contribution is 2.18. The Hall–Kier alpha value is -3.59. The summed E-state index contributed by atoms with van der Waals surface area (Å²) in [6.07, 6.45) is 0. The van der Waals surface area contributed by atoms with Crippen LogP contribution < -0.4 is 5.32 Å². The van der Waals surface area contributed by atoms with Gasteiger partial charge in [-0.25, -0.2) is 4.39 Å². The summed E-state index contributed by atoms with van der Waals surface area (Å²) in [4.78, 5) is 34.2. The Labute approximate surface area is 204 Å². The van der Waals surface area contributed by atoms with Crippen LogP contribution in [0, 0.1) is 18.7 Å². The number of halogens is 1. The first-order chi connectivity index (χ1) is 16.8. The Morgan fingerprint density at radius 3 is 2.31 bits per heavy atom. The molecule has 0 saturated carbocycles. The van der Waals surface area contributed by atoms with Gasteiger partial charge >= 0.3 is 0 Å². The lowest BCUT2D eigenvalue weighted by atomic mass is 10.0. The number of amides is 2. The molecule has 9 heteroatoms. The van der Waals surface area contributed by atoms with Crippen LogP contribution in [0.15, 0.2) is 53.1 Å². The van der Waals surface area contributed by atoms with Crippen molar-refractivity contribution in [2.75, 3.05) is 26.2 Å². The highest BCUT2D eigenvalue weighted by molar-refractivity contribution is 5.97. The van der Waals surface area contributed by atoms with E-state index >= 15 is 0 Å². The highest BCUT2D eigenvalue weighted by Gasteiger charge is 2.31. The monoisotopic (exact) mass is 479 g/mol. The van der Waals surface area contributed by atoms with E-state index in [4.69, 9.17) is 4.52 Å². The van der Waals surface area contributed by atoms with Crippen molar-refractivity contribution in [3.05, 3.63) is 71.4 Å². The Morgan fingerprint density at radius 1 is 1.03 bits per heavy atom. The average molecular weight is 480 g/mol. The fourth-order valence-corrected chi connectivity index (χ4v) is 3.99. The van der Waals surface area contributed by atoms with E-state index in [1.54, 1.807) is 4.90 Å². The molecule has 2 amide bonds. The quantitative estimate of drug-likeness (QED) is 0.559. The second kappa shape index (κ2) is 10.8. The summed E-state index contributed by atoms with van der Waals surface area (Å²) in [6, 6.07) is 12.6. The first-order valence-corrected chi connectivity index (χ1v) is 11.8. The predicted octanol–water partition coefficient (Wildman–Crippen LogP) is 3.28. The van der Waals surface area contributed by atoms with Crippen LogP contribution in [0.5, 0.6) is 0 Å². The number of piperazine rings is 1. The molecule has 1 aromatic heterocycles. The van der Waals surface area contributed by atoms with E-state index in [1.807, 2.05) is 45.0 Å². The summed E-state index contributed by atoms with van der Waals surface area (Å²) in [5.41, 5.74) is 2.39. The number of nitrogens with one attached hydrogen (secondary N) is 1. The van der Waals surface area contributed by atoms with Gasteiger partial charge in [0.25, 0.3) is 5.91 Å². The van der Waals surface area contributed by atoms with Gasteiger partial charge in [0.05, 0.1) is 6.54 Å². The van der Waals surface area contributed by atoms with Crippen molar-refractivity contribution in [1.82, 2.24) is 25.3 Å². The molecule has 3 aromatic rings. The maximum absolute atomic E-state index is 13.2. The zero-order valence-electron chi connectivity index (χ0n) is 20.2. The van der Waals surface area contributed by atoms with Gasteiger partial charge in [-0.2, -0.15) is 4.98 Å². The van der Waals surface area contributed by atoms with Crippen molar-refractivity contribution in [3.63, 3.8) is 0 Å². The number of aromatic nitrogens is 2. The molecule has 2 heterocycles. The third-order valence-electron chi connectivity index (χ3n) is 6.15. The molecule has 1 unspecified atom stereocenters. The Bertz CT molecular complexity index is 1150. The number of carbonyl (C=O) groups excluding carboxylic acids is 2. The lowest BCUT2D eigenvalue weighted by Gasteiger charge is -2.36. The van der Waals surface area contributed by atoms with Crippen molar-refractivity contribution in [2.45, 2.75) is 33.4 Å². The molecule has 0 radical (unpaired) electrons. The van der Waals surface area contributed by atoms with Crippen molar-refractivity contribution < 1.29 is 18.5 Å². The summed E-state index contributed by atoms with van der Waals surface area (Å²) < 4.78 is 18.6. The minimum atomic E-state index is -0.660. The molecule has 1 saturated heterocycles. The van der Waals surface area contributed by atoms with E-state index in [1.165, 1.54) is 29.8 Å². The zero-order chi connectivity index (χ0) is 24.9. The number of benzene rings is 2. The van der Waals surface area contributed by atoms with Crippen molar-refractivity contribution in [1.29, 1.82) is 0 Å². The van der Waals surface area contributed by atoms with Crippen molar-refractivity contribution in [3.8, 4) is 11.4 Å². The molecule has 2 aromatic carbocycles. The molecule has 4 rings (SSSR count). The molecule has 0 spiro atoms. The van der Waals surface area contributed by atoms with Crippen LogP contribution in [-0.4, -0.2) is 64.0 Å². The van der Waals surface area contributed by atoms with Gasteiger partial charge in [0.1, 0.15) is 11.9 Å². The van der Waals surface area contributed by atoms with Crippen LogP contribution in [0.25, 0.3) is 11.4 Å². The largest absolute Gasteiger partial charge is 0.340 e. The second-order valence-corrected chi connectivity index (χ2v) is 9.18. The number of nitrogens with zero attached hydrogens (tertiary/aromatic N) is 4. The van der Waals surface area contributed by atoms with Crippen LogP contribution in [0.1, 0.15) is 35.7 Å². The molecule has 1 aliphatic heterocycles. The fourth-order valence-electron chi connectivity index (χ4n) is 3.99. The SMILES string of the molecule is Cc1ccc(-c2noc(CN3CCN(C(=O)C(NC(=O)c4ccc(F)cc4)C(C)C)CC3)n2)cc1. The van der Waals surface area contributed by atoms with Crippen LogP contribution in [-0.2, 0) is 11.3 Å². The maximum Gasteiger partial charge on any atom is 0.251 e. The summed E-state index contributed by atoms with van der Waals surface area (Å²) in [7, 11) is 0. The molecule has 184 valence electrons. The van der Waals surface area contributed by atoms with E-state index in [0.29, 0.717) is 50.0 Å². The Kier molecular flexibility index (Phi) is 7.55. The summed E-state index contributed by atoms with van der Waals surface area (Å²) in [5.74, 6) is 0.0785. The smallest absolute Gasteiger partial charge is 0.251 e. The lowest BCUT2D eigenvalue weighted by Crippen LogP contribution is -2.56. The molecular formula is C26H30FN5O3. The number of aryl methyl sites for hydroxylation is 1. The zero-order valence-corrected chi connectivity index (χ0v) is 20.2. The van der Waals surface area contributed by atoms with E-state index in [0.717, 1.165) is 5.56 Å². The Balaban J connectivity index is 1.31. The first kappa shape index (κ1) is 24.5. The van der Waals surface area contributed by atoms with E-state index in [-0.39, 0.29) is 11.8 Å². The highest BCUT2D eigenvalue weighted by atomic mass is 19.1. The third-order valence-corrected chi connectivity index (χ3v) is 6.15. The molecular weight excluding hydrogens is 449 g/mol. The molecule has 1 N–H and O–H groups in total. The van der Waals surface area contributed by atoms with E-state index in [9.17, 15) is 14.0 Å². The minimum Gasteiger partial charge on any atom is -0.340 e. The van der Waals surface area contributed by atoms with Crippen molar-refractivity contribution >= 4 is 11.8 Å². The van der Waals surface area contributed by atoms with Gasteiger partial charge in [-0.15, -0.1) is 0 Å². The van der Waals surface area contributed by atoms with E-state index < -0.39 is 17.8 Å². The molecule has 35 heavy (non-hydrogen) atoms. The molecule has 0 bridgehead atoms. The normalized spacial score (nSPS) is 15.3. The minimum absolute atomic E-state index is 0.0940. The Morgan fingerprint density at radius 2 is 1.69 bits per heavy atom. The number of carbonyl (C=O) groups is 2. The fraction of sp³-hybridized carbons (Fsp3) is 0.385. The van der Waals surface area contributed by atoms with Gasteiger partial charge in [-0.3, -0.25) is 14.5 Å². The second-order valence-electron chi connectivity index (χ2n) is 9.18. The van der Waals surface area contributed by atoms with Crippen LogP contribution in [0.4, 0.5) is 4.39 Å². The van der Waals surface area contributed by atoms with Gasteiger partial charge in [0, 0.05) is 37.3 Å². The molecule has 1 fully saturated rings. The van der Waals surface area contributed by atoms with Gasteiger partial charge in [-0.1, -0.05) is 48.8 Å². The van der Waals surface area contributed by atoms with E-state index in [2.05, 4.69) is 20.4 Å². The third kappa shape index (κ3) is 6.10. The first-order valence-electron chi connectivity index (χ1n) is 11.8. The predicted molar refractivity (Wildman–Crippen MR) is 129 cm³/mol. The topological polar surface area (TPSA) is 91.6 Å². The number of rotatable bonds is 7. The lowest BCUT2D eigenvalue weighted by molar-refractivity contribution is -0.136. The molecule has 1 atom stereocenters. The van der Waals surface area contributed by atoms with Gasteiger partial charge in [0.15, 0.2) is 0 Å². The average Bonchev–Trinajstić information content (AvgIpc) is 3.31. The van der Waals surface area contributed by atoms with Gasteiger partial charge in [0.2, 0.25) is 17.6 Å². The van der Waals surface area contributed by atoms with Crippen molar-refractivity contribution in [2.24, 2.45) is 5.92 Å². The molecule has 1 aliphatic rings. The van der Waals surface area contributed by atoms with Gasteiger partial charge < -0.3 is 14.7 Å². The maximum atomic E-state index is 13.2.